The zero-order valence-corrected chi connectivity index (χ0v) is 9.32. The highest BCUT2D eigenvalue weighted by Crippen LogP contribution is 2.19. The van der Waals surface area contributed by atoms with Gasteiger partial charge < -0.3 is 5.11 Å². The van der Waals surface area contributed by atoms with Gasteiger partial charge in [0.05, 0.1) is 6.61 Å². The molecule has 0 aliphatic carbocycles. The first-order valence-electron chi connectivity index (χ1n) is 5.72. The van der Waals surface area contributed by atoms with Crippen LogP contribution in [0.25, 0.3) is 0 Å². The average Bonchev–Trinajstić information content (AvgIpc) is 2.65. The van der Waals surface area contributed by atoms with E-state index in [1.807, 2.05) is 12.1 Å². The number of aliphatic hydroxyl groups excluding tert-OH is 1. The van der Waals surface area contributed by atoms with E-state index >= 15 is 0 Å². The lowest BCUT2D eigenvalue weighted by atomic mass is 10.1. The van der Waals surface area contributed by atoms with Crippen LogP contribution in [0.15, 0.2) is 24.3 Å². The molecule has 1 N–H and O–H groups in total. The summed E-state index contributed by atoms with van der Waals surface area (Å²) in [5, 5.41) is 9.06. The maximum absolute atomic E-state index is 9.06. The first-order valence-corrected chi connectivity index (χ1v) is 5.72. The van der Waals surface area contributed by atoms with Crippen LogP contribution in [0.1, 0.15) is 30.9 Å². The lowest BCUT2D eigenvalue weighted by molar-refractivity contribution is 0.259. The summed E-state index contributed by atoms with van der Waals surface area (Å²) in [6.07, 6.45) is 2.64. The number of nitrogens with zero attached hydrogens (tertiary/aromatic N) is 1. The summed E-state index contributed by atoms with van der Waals surface area (Å²) in [6, 6.07) is 8.95. The van der Waals surface area contributed by atoms with Crippen LogP contribution in [0.3, 0.4) is 0 Å². The van der Waals surface area contributed by atoms with Crippen molar-refractivity contribution in [1.29, 1.82) is 0 Å². The normalized spacial score (nSPS) is 22.1. The van der Waals surface area contributed by atoms with Crippen LogP contribution in [0.4, 0.5) is 0 Å². The van der Waals surface area contributed by atoms with Crippen molar-refractivity contribution in [2.24, 2.45) is 0 Å². The minimum absolute atomic E-state index is 0.142. The van der Waals surface area contributed by atoms with Gasteiger partial charge in [-0.15, -0.1) is 0 Å². The maximum atomic E-state index is 9.06. The zero-order valence-electron chi connectivity index (χ0n) is 9.32. The molecular weight excluding hydrogens is 186 g/mol. The molecule has 1 aliphatic rings. The van der Waals surface area contributed by atoms with Gasteiger partial charge in [0, 0.05) is 12.6 Å². The molecule has 0 radical (unpaired) electrons. The summed E-state index contributed by atoms with van der Waals surface area (Å²) in [5.41, 5.74) is 2.33. The quantitative estimate of drug-likeness (QED) is 0.817. The molecular formula is C13H19NO. The molecule has 1 aromatic carbocycles. The highest BCUT2D eigenvalue weighted by Gasteiger charge is 2.19. The summed E-state index contributed by atoms with van der Waals surface area (Å²) in [4.78, 5) is 2.51. The molecule has 15 heavy (non-hydrogen) atoms. The topological polar surface area (TPSA) is 23.5 Å². The molecule has 2 heteroatoms. The van der Waals surface area contributed by atoms with Gasteiger partial charge in [0.1, 0.15) is 0 Å². The lowest BCUT2D eigenvalue weighted by Crippen LogP contribution is -2.26. The van der Waals surface area contributed by atoms with E-state index in [2.05, 4.69) is 24.0 Å². The molecule has 2 nitrogen and oxygen atoms in total. The molecule has 1 aromatic rings. The van der Waals surface area contributed by atoms with Crippen LogP contribution >= 0.6 is 0 Å². The third-order valence-corrected chi connectivity index (χ3v) is 3.25. The Kier molecular flexibility index (Phi) is 3.39. The van der Waals surface area contributed by atoms with Gasteiger partial charge in [0.25, 0.3) is 0 Å². The van der Waals surface area contributed by atoms with Crippen LogP contribution < -0.4 is 0 Å². The van der Waals surface area contributed by atoms with Gasteiger partial charge in [0.2, 0.25) is 0 Å². The summed E-state index contributed by atoms with van der Waals surface area (Å²) < 4.78 is 0. The molecule has 0 spiro atoms. The highest BCUT2D eigenvalue weighted by molar-refractivity contribution is 5.23. The Morgan fingerprint density at radius 1 is 1.40 bits per heavy atom. The monoisotopic (exact) mass is 205 g/mol. The Morgan fingerprint density at radius 3 is 2.87 bits per heavy atom. The number of likely N-dealkylation sites (tertiary alicyclic amines) is 1. The first-order chi connectivity index (χ1) is 7.29. The van der Waals surface area contributed by atoms with Crippen molar-refractivity contribution in [1.82, 2.24) is 4.90 Å². The molecule has 0 saturated carbocycles. The van der Waals surface area contributed by atoms with Crippen LogP contribution in [-0.4, -0.2) is 22.6 Å². The van der Waals surface area contributed by atoms with Crippen molar-refractivity contribution in [3.8, 4) is 0 Å². The SMILES string of the molecule is CC1CCCN1Cc1cccc(CO)c1. The Hall–Kier alpha value is -0.860. The van der Waals surface area contributed by atoms with E-state index in [1.165, 1.54) is 24.9 Å². The van der Waals surface area contributed by atoms with Crippen LogP contribution in [-0.2, 0) is 13.2 Å². The van der Waals surface area contributed by atoms with Gasteiger partial charge in [-0.1, -0.05) is 24.3 Å². The third-order valence-electron chi connectivity index (χ3n) is 3.25. The molecule has 0 aromatic heterocycles. The number of hydrogen-bond acceptors (Lipinski definition) is 2. The summed E-state index contributed by atoms with van der Waals surface area (Å²) in [7, 11) is 0. The second-order valence-corrected chi connectivity index (χ2v) is 4.44. The molecule has 0 amide bonds. The van der Waals surface area contributed by atoms with E-state index < -0.39 is 0 Å². The highest BCUT2D eigenvalue weighted by atomic mass is 16.3. The molecule has 82 valence electrons. The van der Waals surface area contributed by atoms with E-state index in [-0.39, 0.29) is 6.61 Å². The molecule has 0 bridgehead atoms. The molecule has 2 rings (SSSR count). The maximum Gasteiger partial charge on any atom is 0.0681 e. The van der Waals surface area contributed by atoms with Crippen molar-refractivity contribution in [3.05, 3.63) is 35.4 Å². The standard InChI is InChI=1S/C13H19NO/c1-11-4-3-7-14(11)9-12-5-2-6-13(8-12)10-15/h2,5-6,8,11,15H,3-4,7,9-10H2,1H3. The minimum atomic E-state index is 0.142. The van der Waals surface area contributed by atoms with Crippen molar-refractivity contribution in [2.75, 3.05) is 6.54 Å². The van der Waals surface area contributed by atoms with Gasteiger partial charge in [-0.3, -0.25) is 4.90 Å². The average molecular weight is 205 g/mol. The van der Waals surface area contributed by atoms with E-state index in [4.69, 9.17) is 5.11 Å². The zero-order chi connectivity index (χ0) is 10.7. The smallest absolute Gasteiger partial charge is 0.0681 e. The predicted molar refractivity (Wildman–Crippen MR) is 61.5 cm³/mol. The van der Waals surface area contributed by atoms with Crippen molar-refractivity contribution < 1.29 is 5.11 Å². The van der Waals surface area contributed by atoms with Gasteiger partial charge in [-0.2, -0.15) is 0 Å². The summed E-state index contributed by atoms with van der Waals surface area (Å²) in [6.45, 7) is 4.67. The van der Waals surface area contributed by atoms with E-state index in [0.29, 0.717) is 6.04 Å². The van der Waals surface area contributed by atoms with Gasteiger partial charge in [0.15, 0.2) is 0 Å². The molecule has 1 fully saturated rings. The molecule has 1 aliphatic heterocycles. The first kappa shape index (κ1) is 10.7. The van der Waals surface area contributed by atoms with Crippen molar-refractivity contribution in [3.63, 3.8) is 0 Å². The Labute approximate surface area is 91.5 Å². The summed E-state index contributed by atoms with van der Waals surface area (Å²) in [5.74, 6) is 0. The van der Waals surface area contributed by atoms with Crippen LogP contribution in [0.5, 0.6) is 0 Å². The third kappa shape index (κ3) is 2.58. The second-order valence-electron chi connectivity index (χ2n) is 4.44. The molecule has 1 unspecified atom stereocenters. The van der Waals surface area contributed by atoms with Gasteiger partial charge >= 0.3 is 0 Å². The fourth-order valence-electron chi connectivity index (χ4n) is 2.29. The number of hydrogen-bond donors (Lipinski definition) is 1. The van der Waals surface area contributed by atoms with Crippen LogP contribution in [0, 0.1) is 0 Å². The minimum Gasteiger partial charge on any atom is -0.392 e. The molecule has 1 saturated heterocycles. The largest absolute Gasteiger partial charge is 0.392 e. The Bertz CT molecular complexity index is 324. The lowest BCUT2D eigenvalue weighted by Gasteiger charge is -2.21. The number of benzene rings is 1. The van der Waals surface area contributed by atoms with E-state index in [0.717, 1.165) is 12.1 Å². The Balaban J connectivity index is 2.03. The second kappa shape index (κ2) is 4.77. The van der Waals surface area contributed by atoms with E-state index in [9.17, 15) is 0 Å². The fraction of sp³-hybridized carbons (Fsp3) is 0.538. The molecule has 1 atom stereocenters. The van der Waals surface area contributed by atoms with Crippen molar-refractivity contribution >= 4 is 0 Å². The predicted octanol–water partition coefficient (Wildman–Crippen LogP) is 2.16. The molecule has 1 heterocycles. The number of rotatable bonds is 3. The number of aliphatic hydroxyl groups is 1. The van der Waals surface area contributed by atoms with Gasteiger partial charge in [-0.25, -0.2) is 0 Å². The van der Waals surface area contributed by atoms with Crippen molar-refractivity contribution in [2.45, 2.75) is 39.0 Å². The van der Waals surface area contributed by atoms with E-state index in [1.54, 1.807) is 0 Å². The van der Waals surface area contributed by atoms with Gasteiger partial charge in [-0.05, 0) is 37.4 Å². The van der Waals surface area contributed by atoms with Crippen LogP contribution in [0.2, 0.25) is 0 Å². The summed E-state index contributed by atoms with van der Waals surface area (Å²) >= 11 is 0. The Morgan fingerprint density at radius 2 is 2.20 bits per heavy atom. The fourth-order valence-corrected chi connectivity index (χ4v) is 2.29.